The highest BCUT2D eigenvalue weighted by Gasteiger charge is 2.12. The van der Waals surface area contributed by atoms with Gasteiger partial charge in [-0.3, -0.25) is 4.68 Å². The van der Waals surface area contributed by atoms with Crippen LogP contribution in [0.1, 0.15) is 25.2 Å². The Labute approximate surface area is 112 Å². The fourth-order valence-corrected chi connectivity index (χ4v) is 1.70. The molecule has 6 nitrogen and oxygen atoms in total. The number of nitrogens with zero attached hydrogens (tertiary/aromatic N) is 4. The first-order valence-corrected chi connectivity index (χ1v) is 6.41. The van der Waals surface area contributed by atoms with E-state index in [1.807, 2.05) is 27.8 Å². The quantitative estimate of drug-likeness (QED) is 0.894. The number of hydrogen-bond acceptors (Lipinski definition) is 5. The van der Waals surface area contributed by atoms with Crippen LogP contribution in [-0.2, 0) is 13.5 Å². The maximum Gasteiger partial charge on any atom is 0.227 e. The number of nitrogens with one attached hydrogen (secondary N) is 1. The summed E-state index contributed by atoms with van der Waals surface area (Å²) in [6, 6.07) is 0. The molecule has 2 heterocycles. The van der Waals surface area contributed by atoms with Crippen LogP contribution in [0, 0.1) is 6.92 Å². The summed E-state index contributed by atoms with van der Waals surface area (Å²) in [7, 11) is 1.85. The van der Waals surface area contributed by atoms with Crippen molar-refractivity contribution in [2.45, 2.75) is 27.2 Å². The Kier molecular flexibility index (Phi) is 3.99. The molecule has 0 spiro atoms. The summed E-state index contributed by atoms with van der Waals surface area (Å²) < 4.78 is 7.48. The molecule has 0 aromatic carbocycles. The zero-order valence-electron chi connectivity index (χ0n) is 11.8. The highest BCUT2D eigenvalue weighted by Crippen LogP contribution is 2.26. The molecule has 0 atom stereocenters. The van der Waals surface area contributed by atoms with E-state index < -0.39 is 0 Å². The topological polar surface area (TPSA) is 64.9 Å². The van der Waals surface area contributed by atoms with Crippen molar-refractivity contribution in [3.05, 3.63) is 23.8 Å². The van der Waals surface area contributed by atoms with Gasteiger partial charge >= 0.3 is 0 Å². The lowest BCUT2D eigenvalue weighted by Crippen LogP contribution is -2.07. The van der Waals surface area contributed by atoms with Gasteiger partial charge in [-0.2, -0.15) is 10.1 Å². The molecule has 2 aromatic rings. The van der Waals surface area contributed by atoms with E-state index in [4.69, 9.17) is 4.74 Å². The van der Waals surface area contributed by atoms with Gasteiger partial charge in [-0.05, 0) is 13.8 Å². The Bertz CT molecular complexity index is 564. The van der Waals surface area contributed by atoms with Crippen molar-refractivity contribution < 1.29 is 4.74 Å². The van der Waals surface area contributed by atoms with Crippen LogP contribution in [0.3, 0.4) is 0 Å². The smallest absolute Gasteiger partial charge is 0.227 e. The van der Waals surface area contributed by atoms with Gasteiger partial charge in [0.15, 0.2) is 5.75 Å². The molecular formula is C13H19N5O. The van der Waals surface area contributed by atoms with Crippen LogP contribution in [0.5, 0.6) is 11.6 Å². The minimum absolute atomic E-state index is 0.579. The fraction of sp³-hybridized carbons (Fsp3) is 0.462. The Hall–Kier alpha value is -2.11. The lowest BCUT2D eigenvalue weighted by molar-refractivity contribution is 0.454. The standard InChI is InChI=1S/C13H19N5O/c1-5-11-16-12(14-6-2)9(3)13(17-11)19-10-7-15-18(4)8-10/h7-8H,5-6H2,1-4H3,(H,14,16,17). The third-order valence-electron chi connectivity index (χ3n) is 2.70. The van der Waals surface area contributed by atoms with Crippen molar-refractivity contribution in [3.8, 4) is 11.6 Å². The molecule has 1 N–H and O–H groups in total. The van der Waals surface area contributed by atoms with Crippen LogP contribution in [0.2, 0.25) is 0 Å². The molecule has 0 aliphatic rings. The maximum atomic E-state index is 5.79. The molecule has 0 bridgehead atoms. The number of aryl methyl sites for hydroxylation is 2. The van der Waals surface area contributed by atoms with Crippen LogP contribution in [0.4, 0.5) is 5.82 Å². The average molecular weight is 261 g/mol. The molecule has 0 saturated heterocycles. The Morgan fingerprint density at radius 3 is 2.68 bits per heavy atom. The molecule has 2 aromatic heterocycles. The molecule has 0 aliphatic heterocycles. The summed E-state index contributed by atoms with van der Waals surface area (Å²) in [4.78, 5) is 8.89. The van der Waals surface area contributed by atoms with Crippen molar-refractivity contribution in [1.82, 2.24) is 19.7 Å². The largest absolute Gasteiger partial charge is 0.435 e. The zero-order valence-corrected chi connectivity index (χ0v) is 11.8. The minimum Gasteiger partial charge on any atom is -0.435 e. The second-order valence-corrected chi connectivity index (χ2v) is 4.25. The fourth-order valence-electron chi connectivity index (χ4n) is 1.70. The highest BCUT2D eigenvalue weighted by atomic mass is 16.5. The molecule has 0 amide bonds. The lowest BCUT2D eigenvalue weighted by atomic mass is 10.3. The summed E-state index contributed by atoms with van der Waals surface area (Å²) in [5.74, 6) is 2.85. The van der Waals surface area contributed by atoms with Gasteiger partial charge in [0.2, 0.25) is 5.88 Å². The minimum atomic E-state index is 0.579. The third-order valence-corrected chi connectivity index (χ3v) is 2.70. The first-order chi connectivity index (χ1) is 9.13. The van der Waals surface area contributed by atoms with Crippen molar-refractivity contribution in [2.75, 3.05) is 11.9 Å². The van der Waals surface area contributed by atoms with Gasteiger partial charge in [-0.1, -0.05) is 6.92 Å². The number of anilines is 1. The summed E-state index contributed by atoms with van der Waals surface area (Å²) >= 11 is 0. The van der Waals surface area contributed by atoms with Crippen LogP contribution in [0.15, 0.2) is 12.4 Å². The van der Waals surface area contributed by atoms with Crippen molar-refractivity contribution in [2.24, 2.45) is 7.05 Å². The van der Waals surface area contributed by atoms with Gasteiger partial charge < -0.3 is 10.1 Å². The maximum absolute atomic E-state index is 5.79. The average Bonchev–Trinajstić information content (AvgIpc) is 2.80. The number of aromatic nitrogens is 4. The number of ether oxygens (including phenoxy) is 1. The van der Waals surface area contributed by atoms with E-state index >= 15 is 0 Å². The summed E-state index contributed by atoms with van der Waals surface area (Å²) in [5.41, 5.74) is 0.905. The van der Waals surface area contributed by atoms with Gasteiger partial charge in [0, 0.05) is 20.0 Å². The second-order valence-electron chi connectivity index (χ2n) is 4.25. The highest BCUT2D eigenvalue weighted by molar-refractivity contribution is 5.49. The summed E-state index contributed by atoms with van der Waals surface area (Å²) in [6.07, 6.45) is 4.24. The molecule has 0 saturated carbocycles. The van der Waals surface area contributed by atoms with E-state index in [9.17, 15) is 0 Å². The van der Waals surface area contributed by atoms with E-state index in [0.29, 0.717) is 11.6 Å². The van der Waals surface area contributed by atoms with Gasteiger partial charge in [0.05, 0.1) is 18.0 Å². The molecule has 0 unspecified atom stereocenters. The van der Waals surface area contributed by atoms with Gasteiger partial charge in [0.25, 0.3) is 0 Å². The van der Waals surface area contributed by atoms with Crippen LogP contribution < -0.4 is 10.1 Å². The monoisotopic (exact) mass is 261 g/mol. The molecule has 19 heavy (non-hydrogen) atoms. The van der Waals surface area contributed by atoms with Gasteiger partial charge in [-0.25, -0.2) is 4.98 Å². The normalized spacial score (nSPS) is 10.5. The zero-order chi connectivity index (χ0) is 13.8. The van der Waals surface area contributed by atoms with E-state index in [1.54, 1.807) is 17.1 Å². The van der Waals surface area contributed by atoms with Crippen LogP contribution in [0.25, 0.3) is 0 Å². The lowest BCUT2D eigenvalue weighted by Gasteiger charge is -2.12. The Morgan fingerprint density at radius 1 is 1.32 bits per heavy atom. The Balaban J connectivity index is 2.35. The Morgan fingerprint density at radius 2 is 2.11 bits per heavy atom. The van der Waals surface area contributed by atoms with E-state index in [2.05, 4.69) is 20.4 Å². The summed E-state index contributed by atoms with van der Waals surface area (Å²) in [5, 5.41) is 7.31. The summed E-state index contributed by atoms with van der Waals surface area (Å²) in [6.45, 7) is 6.82. The molecule has 0 radical (unpaired) electrons. The first kappa shape index (κ1) is 13.3. The van der Waals surface area contributed by atoms with Crippen molar-refractivity contribution in [3.63, 3.8) is 0 Å². The van der Waals surface area contributed by atoms with E-state index in [0.717, 1.165) is 30.2 Å². The third kappa shape index (κ3) is 3.01. The van der Waals surface area contributed by atoms with Crippen molar-refractivity contribution >= 4 is 5.82 Å². The number of rotatable bonds is 5. The molecule has 2 rings (SSSR count). The van der Waals surface area contributed by atoms with Crippen molar-refractivity contribution in [1.29, 1.82) is 0 Å². The SMILES string of the molecule is CCNc1nc(CC)nc(Oc2cnn(C)c2)c1C. The number of hydrogen-bond donors (Lipinski definition) is 1. The van der Waals surface area contributed by atoms with Gasteiger partial charge in [0.1, 0.15) is 11.6 Å². The van der Waals surface area contributed by atoms with E-state index in [-0.39, 0.29) is 0 Å². The second kappa shape index (κ2) is 5.69. The van der Waals surface area contributed by atoms with Crippen LogP contribution in [-0.4, -0.2) is 26.3 Å². The molecular weight excluding hydrogens is 242 g/mol. The van der Waals surface area contributed by atoms with E-state index in [1.165, 1.54) is 0 Å². The molecule has 102 valence electrons. The predicted octanol–water partition coefficient (Wildman–Crippen LogP) is 2.31. The molecule has 0 aliphatic carbocycles. The van der Waals surface area contributed by atoms with Crippen LogP contribution >= 0.6 is 0 Å². The molecule has 6 heteroatoms. The first-order valence-electron chi connectivity index (χ1n) is 6.41. The molecule has 0 fully saturated rings. The predicted molar refractivity (Wildman–Crippen MR) is 73.6 cm³/mol. The van der Waals surface area contributed by atoms with Gasteiger partial charge in [-0.15, -0.1) is 0 Å².